The predicted octanol–water partition coefficient (Wildman–Crippen LogP) is 1.10. The largest absolute Gasteiger partial charge is 0.497 e. The maximum Gasteiger partial charge on any atom is 0.138 e. The first-order valence-electron chi connectivity index (χ1n) is 5.06. The number of hydrogen-bond donors (Lipinski definition) is 2. The molecule has 0 atom stereocenters. The van der Waals surface area contributed by atoms with Crippen molar-refractivity contribution in [1.29, 1.82) is 0 Å². The molecule has 0 fully saturated rings. The van der Waals surface area contributed by atoms with Gasteiger partial charge in [0, 0.05) is 6.54 Å². The molecule has 1 heterocycles. The molecule has 2 aromatic rings. The van der Waals surface area contributed by atoms with Crippen LogP contribution in [0.4, 0.5) is 0 Å². The molecule has 1 aromatic carbocycles. The molecule has 1 aromatic heterocycles. The molecule has 0 aliphatic rings. The summed E-state index contributed by atoms with van der Waals surface area (Å²) in [5, 5.41) is 9.84. The second-order valence-electron chi connectivity index (χ2n) is 3.38. The monoisotopic (exact) mass is 218 g/mol. The molecule has 0 aliphatic heterocycles. The molecule has 2 rings (SSSR count). The number of nitrogens with zero attached hydrogens (tertiary/aromatic N) is 2. The van der Waals surface area contributed by atoms with E-state index in [-0.39, 0.29) is 0 Å². The van der Waals surface area contributed by atoms with E-state index >= 15 is 0 Å². The van der Waals surface area contributed by atoms with Crippen LogP contribution in [0.15, 0.2) is 30.6 Å². The Morgan fingerprint density at radius 1 is 1.25 bits per heavy atom. The van der Waals surface area contributed by atoms with Crippen LogP contribution in [0.2, 0.25) is 0 Å². The molecular weight excluding hydrogens is 204 g/mol. The maximum absolute atomic E-state index is 5.09. The van der Waals surface area contributed by atoms with E-state index in [1.807, 2.05) is 24.3 Å². The van der Waals surface area contributed by atoms with Gasteiger partial charge in [-0.1, -0.05) is 12.1 Å². The van der Waals surface area contributed by atoms with Crippen LogP contribution in [0.5, 0.6) is 5.75 Å². The van der Waals surface area contributed by atoms with Crippen LogP contribution < -0.4 is 10.1 Å². The molecule has 2 N–H and O–H groups in total. The number of rotatable bonds is 5. The fraction of sp³-hybridized carbons (Fsp3) is 0.273. The lowest BCUT2D eigenvalue weighted by molar-refractivity contribution is 0.414. The second-order valence-corrected chi connectivity index (χ2v) is 3.38. The Hall–Kier alpha value is -1.88. The summed E-state index contributed by atoms with van der Waals surface area (Å²) in [7, 11) is 1.66. The van der Waals surface area contributed by atoms with E-state index in [0.717, 1.165) is 18.1 Å². The van der Waals surface area contributed by atoms with Crippen LogP contribution in [0, 0.1) is 0 Å². The first kappa shape index (κ1) is 10.6. The third-order valence-electron chi connectivity index (χ3n) is 2.25. The second kappa shape index (κ2) is 5.27. The van der Waals surface area contributed by atoms with Gasteiger partial charge in [-0.25, -0.2) is 4.98 Å². The Bertz CT molecular complexity index is 410. The van der Waals surface area contributed by atoms with E-state index < -0.39 is 0 Å². The first-order valence-corrected chi connectivity index (χ1v) is 5.06. The third kappa shape index (κ3) is 2.80. The Morgan fingerprint density at radius 3 is 2.69 bits per heavy atom. The zero-order chi connectivity index (χ0) is 11.2. The smallest absolute Gasteiger partial charge is 0.138 e. The number of nitrogens with one attached hydrogen (secondary N) is 2. The van der Waals surface area contributed by atoms with Crippen LogP contribution in [-0.2, 0) is 13.1 Å². The molecule has 5 heteroatoms. The number of aromatic amines is 1. The number of ether oxygens (including phenoxy) is 1. The van der Waals surface area contributed by atoms with Crippen molar-refractivity contribution in [3.8, 4) is 5.75 Å². The minimum Gasteiger partial charge on any atom is -0.497 e. The summed E-state index contributed by atoms with van der Waals surface area (Å²) in [5.41, 5.74) is 1.21. The third-order valence-corrected chi connectivity index (χ3v) is 2.25. The van der Waals surface area contributed by atoms with Gasteiger partial charge in [0.2, 0.25) is 0 Å². The molecule has 0 bridgehead atoms. The van der Waals surface area contributed by atoms with Gasteiger partial charge in [0.25, 0.3) is 0 Å². The SMILES string of the molecule is COc1ccc(CNCc2ncn[nH]2)cc1. The van der Waals surface area contributed by atoms with E-state index in [4.69, 9.17) is 4.74 Å². The number of benzene rings is 1. The van der Waals surface area contributed by atoms with Crippen molar-refractivity contribution in [2.75, 3.05) is 7.11 Å². The Kier molecular flexibility index (Phi) is 3.50. The molecule has 0 aliphatic carbocycles. The fourth-order valence-electron chi connectivity index (χ4n) is 1.38. The van der Waals surface area contributed by atoms with Gasteiger partial charge in [0.15, 0.2) is 0 Å². The highest BCUT2D eigenvalue weighted by atomic mass is 16.5. The maximum atomic E-state index is 5.09. The van der Waals surface area contributed by atoms with Gasteiger partial charge in [-0.05, 0) is 17.7 Å². The summed E-state index contributed by atoms with van der Waals surface area (Å²) < 4.78 is 5.09. The highest BCUT2D eigenvalue weighted by molar-refractivity contribution is 5.26. The van der Waals surface area contributed by atoms with Crippen LogP contribution in [-0.4, -0.2) is 22.3 Å². The Morgan fingerprint density at radius 2 is 2.06 bits per heavy atom. The van der Waals surface area contributed by atoms with Crippen molar-refractivity contribution in [2.24, 2.45) is 0 Å². The van der Waals surface area contributed by atoms with Crippen molar-refractivity contribution in [3.63, 3.8) is 0 Å². The van der Waals surface area contributed by atoms with Gasteiger partial charge < -0.3 is 10.1 Å². The van der Waals surface area contributed by atoms with E-state index in [1.165, 1.54) is 11.9 Å². The Balaban J connectivity index is 1.81. The molecule has 0 unspecified atom stereocenters. The lowest BCUT2D eigenvalue weighted by atomic mass is 10.2. The van der Waals surface area contributed by atoms with Gasteiger partial charge in [-0.3, -0.25) is 5.10 Å². The molecule has 84 valence electrons. The van der Waals surface area contributed by atoms with Crippen molar-refractivity contribution >= 4 is 0 Å². The Labute approximate surface area is 93.9 Å². The van der Waals surface area contributed by atoms with Crippen LogP contribution >= 0.6 is 0 Å². The van der Waals surface area contributed by atoms with Crippen molar-refractivity contribution < 1.29 is 4.74 Å². The summed E-state index contributed by atoms with van der Waals surface area (Å²) in [6, 6.07) is 7.97. The average molecular weight is 218 g/mol. The number of methoxy groups -OCH3 is 1. The normalized spacial score (nSPS) is 10.3. The van der Waals surface area contributed by atoms with Crippen LogP contribution in [0.25, 0.3) is 0 Å². The molecule has 0 amide bonds. The summed E-state index contributed by atoms with van der Waals surface area (Å²) in [4.78, 5) is 4.03. The highest BCUT2D eigenvalue weighted by Gasteiger charge is 1.96. The molecule has 0 radical (unpaired) electrons. The average Bonchev–Trinajstić information content (AvgIpc) is 2.83. The summed E-state index contributed by atoms with van der Waals surface area (Å²) in [5.74, 6) is 1.72. The summed E-state index contributed by atoms with van der Waals surface area (Å²) in [6.07, 6.45) is 1.50. The first-order chi connectivity index (χ1) is 7.88. The lowest BCUT2D eigenvalue weighted by Gasteiger charge is -2.04. The van der Waals surface area contributed by atoms with Crippen molar-refractivity contribution in [3.05, 3.63) is 42.0 Å². The summed E-state index contributed by atoms with van der Waals surface area (Å²) >= 11 is 0. The molecule has 0 spiro atoms. The fourth-order valence-corrected chi connectivity index (χ4v) is 1.38. The van der Waals surface area contributed by atoms with Crippen LogP contribution in [0.3, 0.4) is 0 Å². The van der Waals surface area contributed by atoms with Gasteiger partial charge >= 0.3 is 0 Å². The van der Waals surface area contributed by atoms with E-state index in [2.05, 4.69) is 20.5 Å². The van der Waals surface area contributed by atoms with Gasteiger partial charge in [-0.2, -0.15) is 5.10 Å². The number of aromatic nitrogens is 3. The highest BCUT2D eigenvalue weighted by Crippen LogP contribution is 2.10. The molecule has 0 saturated carbocycles. The quantitative estimate of drug-likeness (QED) is 0.789. The number of H-pyrrole nitrogens is 1. The zero-order valence-corrected chi connectivity index (χ0v) is 9.10. The molecule has 16 heavy (non-hydrogen) atoms. The van der Waals surface area contributed by atoms with Gasteiger partial charge in [-0.15, -0.1) is 0 Å². The zero-order valence-electron chi connectivity index (χ0n) is 9.10. The minimum atomic E-state index is 0.687. The molecule has 5 nitrogen and oxygen atoms in total. The minimum absolute atomic E-state index is 0.687. The summed E-state index contributed by atoms with van der Waals surface area (Å²) in [6.45, 7) is 1.48. The predicted molar refractivity (Wildman–Crippen MR) is 59.9 cm³/mol. The standard InChI is InChI=1S/C11H14N4O/c1-16-10-4-2-9(3-5-10)6-12-7-11-13-8-14-15-11/h2-5,8,12H,6-7H2,1H3,(H,13,14,15). The van der Waals surface area contributed by atoms with E-state index in [0.29, 0.717) is 6.54 Å². The lowest BCUT2D eigenvalue weighted by Crippen LogP contribution is -2.13. The number of hydrogen-bond acceptors (Lipinski definition) is 4. The van der Waals surface area contributed by atoms with Crippen molar-refractivity contribution in [1.82, 2.24) is 20.5 Å². The van der Waals surface area contributed by atoms with E-state index in [1.54, 1.807) is 7.11 Å². The van der Waals surface area contributed by atoms with Gasteiger partial charge in [0.05, 0.1) is 13.7 Å². The van der Waals surface area contributed by atoms with Crippen molar-refractivity contribution in [2.45, 2.75) is 13.1 Å². The van der Waals surface area contributed by atoms with Gasteiger partial charge in [0.1, 0.15) is 17.9 Å². The molecular formula is C11H14N4O. The van der Waals surface area contributed by atoms with E-state index in [9.17, 15) is 0 Å². The molecule has 0 saturated heterocycles. The van der Waals surface area contributed by atoms with Crippen LogP contribution in [0.1, 0.15) is 11.4 Å². The topological polar surface area (TPSA) is 62.8 Å².